The van der Waals surface area contributed by atoms with Crippen molar-refractivity contribution in [2.45, 2.75) is 281 Å². The van der Waals surface area contributed by atoms with Crippen LogP contribution in [0, 0.1) is 6.92 Å². The van der Waals surface area contributed by atoms with E-state index in [9.17, 15) is 0 Å². The van der Waals surface area contributed by atoms with E-state index >= 15 is 0 Å². The van der Waals surface area contributed by atoms with Crippen LogP contribution in [0.2, 0.25) is 0 Å². The summed E-state index contributed by atoms with van der Waals surface area (Å²) in [4.78, 5) is 1.46. The average Bonchev–Trinajstić information content (AvgIpc) is 3.14. The highest BCUT2D eigenvalue weighted by atomic mass is 32.2. The fourth-order valence-electron chi connectivity index (χ4n) is 8.09. The van der Waals surface area contributed by atoms with Crippen molar-refractivity contribution in [1.29, 1.82) is 0 Å². The molecule has 2 heteroatoms. The Balaban J connectivity index is 0.000000526. The van der Waals surface area contributed by atoms with Gasteiger partial charge >= 0.3 is 0 Å². The number of hydrogen-bond acceptors (Lipinski definition) is 2. The fraction of sp³-hybridized carbons (Fsp3) is 0.880. The van der Waals surface area contributed by atoms with E-state index in [1.807, 2.05) is 0 Å². The molecule has 0 bridgehead atoms. The lowest BCUT2D eigenvalue weighted by atomic mass is 9.94. The van der Waals surface area contributed by atoms with Gasteiger partial charge in [0.25, 0.3) is 0 Å². The van der Waals surface area contributed by atoms with Crippen LogP contribution in [-0.2, 0) is 0 Å². The minimum Gasteiger partial charge on any atom is -0.155 e. The van der Waals surface area contributed by atoms with Gasteiger partial charge in [-0.25, -0.2) is 0 Å². The molecule has 1 heterocycles. The van der Waals surface area contributed by atoms with Crippen molar-refractivity contribution < 1.29 is 0 Å². The van der Waals surface area contributed by atoms with Gasteiger partial charge in [-0.05, 0) is 56.9 Å². The van der Waals surface area contributed by atoms with Crippen LogP contribution in [0.5, 0.6) is 0 Å². The molecule has 0 spiro atoms. The minimum absolute atomic E-state index is 0.405. The Bertz CT molecular complexity index is 846. The second-order valence-corrected chi connectivity index (χ2v) is 20.9. The molecule has 0 radical (unpaired) electrons. The molecular formula is C50H94S2. The van der Waals surface area contributed by atoms with Gasteiger partial charge in [-0.15, -0.1) is 11.8 Å². The van der Waals surface area contributed by atoms with Crippen molar-refractivity contribution in [1.82, 2.24) is 0 Å². The van der Waals surface area contributed by atoms with Gasteiger partial charge in [0.15, 0.2) is 0 Å². The van der Waals surface area contributed by atoms with Crippen LogP contribution in [0.4, 0.5) is 0 Å². The molecule has 1 aliphatic heterocycles. The van der Waals surface area contributed by atoms with E-state index in [1.165, 1.54) is 241 Å². The van der Waals surface area contributed by atoms with Crippen molar-refractivity contribution in [2.24, 2.45) is 0 Å². The molecule has 0 nitrogen and oxygen atoms in total. The minimum atomic E-state index is 0.405. The van der Waals surface area contributed by atoms with Crippen LogP contribution >= 0.6 is 23.5 Å². The van der Waals surface area contributed by atoms with E-state index in [4.69, 9.17) is 0 Å². The summed E-state index contributed by atoms with van der Waals surface area (Å²) in [6.45, 7) is 14.2. The predicted octanol–water partition coefficient (Wildman–Crippen LogP) is 19.1. The van der Waals surface area contributed by atoms with E-state index < -0.39 is 0 Å². The second kappa shape index (κ2) is 35.3. The second-order valence-electron chi connectivity index (χ2n) is 17.6. The molecule has 2 atom stereocenters. The first kappa shape index (κ1) is 49.9. The molecule has 2 unspecified atom stereocenters. The number of benzene rings is 1. The SMILES string of the molecule is CCCCCCCCC1(C)CCCCCCCCCCCCCS1.CCCCCCCCCCC(C)(CCCCCCCC)Sc1ccc(C)cc1. The largest absolute Gasteiger partial charge is 0.155 e. The normalized spacial score (nSPS) is 19.2. The van der Waals surface area contributed by atoms with E-state index in [0.29, 0.717) is 9.49 Å². The first-order valence-corrected chi connectivity index (χ1v) is 25.6. The van der Waals surface area contributed by atoms with Crippen LogP contribution < -0.4 is 0 Å². The van der Waals surface area contributed by atoms with Crippen LogP contribution in [0.1, 0.15) is 265 Å². The van der Waals surface area contributed by atoms with Gasteiger partial charge in [0.1, 0.15) is 0 Å². The van der Waals surface area contributed by atoms with Gasteiger partial charge in [0.05, 0.1) is 0 Å². The first-order chi connectivity index (χ1) is 25.4. The molecule has 1 aliphatic rings. The number of unbranched alkanes of at least 4 members (excludes halogenated alkanes) is 17. The molecular weight excluding hydrogens is 665 g/mol. The van der Waals surface area contributed by atoms with E-state index in [1.54, 1.807) is 0 Å². The van der Waals surface area contributed by atoms with Gasteiger partial charge in [-0.2, -0.15) is 11.8 Å². The Morgan fingerprint density at radius 3 is 1.37 bits per heavy atom. The van der Waals surface area contributed by atoms with Crippen LogP contribution in [0.25, 0.3) is 0 Å². The maximum atomic E-state index is 2.59. The zero-order valence-corrected chi connectivity index (χ0v) is 38.2. The lowest BCUT2D eigenvalue weighted by Crippen LogP contribution is -2.21. The number of hydrogen-bond donors (Lipinski definition) is 0. The van der Waals surface area contributed by atoms with Gasteiger partial charge < -0.3 is 0 Å². The average molecular weight is 759 g/mol. The predicted molar refractivity (Wildman–Crippen MR) is 245 cm³/mol. The van der Waals surface area contributed by atoms with Crippen molar-refractivity contribution in [2.75, 3.05) is 5.75 Å². The molecule has 0 amide bonds. The molecule has 0 aliphatic carbocycles. The highest BCUT2D eigenvalue weighted by Crippen LogP contribution is 2.41. The van der Waals surface area contributed by atoms with Crippen molar-refractivity contribution in [3.8, 4) is 0 Å². The fourth-order valence-corrected chi connectivity index (χ4v) is 10.8. The summed E-state index contributed by atoms with van der Waals surface area (Å²) < 4.78 is 0.979. The summed E-state index contributed by atoms with van der Waals surface area (Å²) in [5.74, 6) is 1.41. The van der Waals surface area contributed by atoms with Gasteiger partial charge in [-0.3, -0.25) is 0 Å². The molecule has 0 N–H and O–H groups in total. The quantitative estimate of drug-likeness (QED) is 0.0719. The summed E-state index contributed by atoms with van der Waals surface area (Å²) in [5, 5.41) is 0. The van der Waals surface area contributed by atoms with Crippen molar-refractivity contribution in [3.05, 3.63) is 29.8 Å². The zero-order chi connectivity index (χ0) is 37.9. The third-order valence-electron chi connectivity index (χ3n) is 11.9. The van der Waals surface area contributed by atoms with Crippen molar-refractivity contribution >= 4 is 23.5 Å². The third-order valence-corrected chi connectivity index (χ3v) is 14.9. The molecule has 1 saturated heterocycles. The van der Waals surface area contributed by atoms with Gasteiger partial charge in [0, 0.05) is 14.4 Å². The Labute approximate surface area is 338 Å². The highest BCUT2D eigenvalue weighted by molar-refractivity contribution is 8.00. The van der Waals surface area contributed by atoms with E-state index in [2.05, 4.69) is 89.3 Å². The Hall–Kier alpha value is -0.0800. The smallest absolute Gasteiger partial charge is 0.0179 e. The monoisotopic (exact) mass is 759 g/mol. The van der Waals surface area contributed by atoms with E-state index in [-0.39, 0.29) is 0 Å². The lowest BCUT2D eigenvalue weighted by Gasteiger charge is -2.29. The maximum Gasteiger partial charge on any atom is 0.0179 e. The topological polar surface area (TPSA) is 0 Å². The molecule has 0 aromatic heterocycles. The highest BCUT2D eigenvalue weighted by Gasteiger charge is 2.25. The standard InChI is InChI=1S/C27H48S.C23H46S/c1-5-7-9-11-13-14-16-18-24-27(4,23-17-15-12-10-8-6-2)28-26-21-19-25(3)20-22-26;1-3-4-5-6-14-17-20-23(2)21-18-15-12-10-8-7-9-11-13-16-19-22-24-23/h19-22H,5-18,23-24H2,1-4H3;3-22H2,1-2H3. The van der Waals surface area contributed by atoms with Crippen LogP contribution in [0.15, 0.2) is 29.2 Å². The molecule has 1 aromatic carbocycles. The molecule has 0 saturated carbocycles. The summed E-state index contributed by atoms with van der Waals surface area (Å²) in [7, 11) is 0. The summed E-state index contributed by atoms with van der Waals surface area (Å²) in [6, 6.07) is 9.19. The number of thioether (sulfide) groups is 2. The zero-order valence-electron chi connectivity index (χ0n) is 36.6. The van der Waals surface area contributed by atoms with Crippen LogP contribution in [-0.4, -0.2) is 15.2 Å². The van der Waals surface area contributed by atoms with Gasteiger partial charge in [0.2, 0.25) is 0 Å². The molecule has 1 aromatic rings. The number of aryl methyl sites for hydroxylation is 1. The van der Waals surface area contributed by atoms with E-state index in [0.717, 1.165) is 0 Å². The third kappa shape index (κ3) is 30.2. The maximum absolute atomic E-state index is 2.59. The Morgan fingerprint density at radius 1 is 0.519 bits per heavy atom. The molecule has 52 heavy (non-hydrogen) atoms. The summed E-state index contributed by atoms with van der Waals surface area (Å²) in [5.41, 5.74) is 1.37. The van der Waals surface area contributed by atoms with Crippen molar-refractivity contribution in [3.63, 3.8) is 0 Å². The summed E-state index contributed by atoms with van der Waals surface area (Å²) in [6.07, 6.45) is 50.4. The molecule has 306 valence electrons. The Morgan fingerprint density at radius 2 is 0.904 bits per heavy atom. The summed E-state index contributed by atoms with van der Waals surface area (Å²) >= 11 is 4.47. The van der Waals surface area contributed by atoms with Gasteiger partial charge in [-0.1, -0.05) is 245 Å². The Kier molecular flexibility index (Phi) is 33.9. The van der Waals surface area contributed by atoms with Crippen LogP contribution in [0.3, 0.4) is 0 Å². The lowest BCUT2D eigenvalue weighted by molar-refractivity contribution is 0.465. The number of rotatable bonds is 25. The molecule has 1 fully saturated rings. The molecule has 2 rings (SSSR count). The first-order valence-electron chi connectivity index (χ1n) is 23.8.